The van der Waals surface area contributed by atoms with E-state index in [0.29, 0.717) is 61.6 Å². The van der Waals surface area contributed by atoms with Crippen LogP contribution in [-0.4, -0.2) is 112 Å². The van der Waals surface area contributed by atoms with Gasteiger partial charge in [-0.05, 0) is 149 Å². The van der Waals surface area contributed by atoms with Crippen LogP contribution in [0.15, 0.2) is 182 Å². The molecule has 6 rings (SSSR count). The first-order valence-electron chi connectivity index (χ1n) is 39.2. The molecule has 0 aliphatic heterocycles. The Labute approximate surface area is 645 Å². The maximum atomic E-state index is 12.8. The van der Waals surface area contributed by atoms with Crippen molar-refractivity contribution in [1.82, 2.24) is 20.5 Å². The Hall–Kier alpha value is -5.99. The second kappa shape index (κ2) is 56.3. The third-order valence-corrected chi connectivity index (χ3v) is 25.0. The Morgan fingerprint density at radius 2 is 0.654 bits per heavy atom. The number of halogens is 3. The van der Waals surface area contributed by atoms with Crippen LogP contribution in [0.4, 0.5) is 0 Å². The van der Waals surface area contributed by atoms with Crippen LogP contribution in [-0.2, 0) is 29.4 Å². The largest absolute Gasteiger partial charge is 1.00 e. The highest BCUT2D eigenvalue weighted by atomic mass is 35.5. The lowest BCUT2D eigenvalue weighted by Gasteiger charge is -2.36. The van der Waals surface area contributed by atoms with Gasteiger partial charge in [-0.15, -0.1) is 0 Å². The molecule has 0 spiro atoms. The Morgan fingerprint density at radius 1 is 0.346 bits per heavy atom. The Bertz CT molecular complexity index is 2820. The number of hydrogen-bond acceptors (Lipinski definition) is 8. The third-order valence-electron chi connectivity index (χ3n) is 20.5. The standard InChI is InChI=1S/C87H124N5O8P.3ClH/c1-76(93)90(98)72-46-18-14-34-56-80(94)63-65-85(96)91(99)73-47-26-42-68-88-84(95)64-66-86(97)92(100)74-48-27-45-71-89(69-43-16-11-7-3-2-6-10-15-41-67-87(77-50-28-20-29-51-77,78-52-30-21-31-53-78)79-54-32-22-33-55-79)70-44-17-12-8-4-5-9-13-19-49-75-101(81-57-35-23-36-58-81,82-59-37-24-38-60-82)83-61-39-25-40-62-83;;;/h20-25,28-33,35-40,50-55,57-62,98-100H,2-19,26-27,34,41-49,56,63-75H2,1H3;3*1H/p-1. The van der Waals surface area contributed by atoms with Crippen molar-refractivity contribution < 1.29 is 81.7 Å². The van der Waals surface area contributed by atoms with Crippen molar-refractivity contribution in [3.05, 3.63) is 199 Å². The second-order valence-corrected chi connectivity index (χ2v) is 31.8. The number of nitrogens with one attached hydrogen (secondary N) is 2. The second-order valence-electron chi connectivity index (χ2n) is 28.2. The molecule has 6 aromatic rings. The van der Waals surface area contributed by atoms with Gasteiger partial charge in [0.25, 0.3) is 0 Å². The van der Waals surface area contributed by atoms with Crippen LogP contribution in [0, 0.1) is 0 Å². The number of hydroxylamine groups is 6. The van der Waals surface area contributed by atoms with Gasteiger partial charge in [-0.1, -0.05) is 248 Å². The van der Waals surface area contributed by atoms with E-state index in [1.54, 1.807) is 4.90 Å². The fraction of sp³-hybridized carbons (Fsp3) is 0.529. The van der Waals surface area contributed by atoms with Gasteiger partial charge in [0.05, 0.1) is 25.8 Å². The number of amides is 4. The summed E-state index contributed by atoms with van der Waals surface area (Å²) in [6.45, 7) is 5.84. The normalized spacial score (nSPS) is 11.5. The molecule has 0 aliphatic carbocycles. The van der Waals surface area contributed by atoms with Crippen LogP contribution in [0.3, 0.4) is 0 Å². The van der Waals surface area contributed by atoms with E-state index >= 15 is 0 Å². The molecule has 13 nitrogen and oxygen atoms in total. The van der Waals surface area contributed by atoms with Gasteiger partial charge in [0.15, 0.2) is 0 Å². The minimum Gasteiger partial charge on any atom is -1.00 e. The number of ketones is 1. The van der Waals surface area contributed by atoms with E-state index < -0.39 is 25.0 Å². The van der Waals surface area contributed by atoms with Crippen LogP contribution in [0.1, 0.15) is 255 Å². The molecule has 0 aromatic heterocycles. The first-order valence-corrected chi connectivity index (χ1v) is 41.2. The molecular formula is C87H126Cl3N5O8P-. The quantitative estimate of drug-likeness (QED) is 0.00835. The average molecular weight is 1510 g/mol. The highest BCUT2D eigenvalue weighted by Crippen LogP contribution is 2.56. The maximum Gasteiger partial charge on any atom is 0.246 e. The van der Waals surface area contributed by atoms with Crippen molar-refractivity contribution in [2.45, 2.75) is 243 Å². The summed E-state index contributed by atoms with van der Waals surface area (Å²) < 4.78 is 0. The number of rotatable bonds is 57. The molecular weight excluding hydrogens is 1380 g/mol. The number of unbranched alkanes of at least 4 members (excludes halogenated alkanes) is 25. The highest BCUT2D eigenvalue weighted by molar-refractivity contribution is 7.95. The van der Waals surface area contributed by atoms with Gasteiger partial charge in [0, 0.05) is 70.6 Å². The fourth-order valence-corrected chi connectivity index (χ4v) is 19.0. The Morgan fingerprint density at radius 3 is 1.05 bits per heavy atom. The SMILES string of the molecule is CC(=O)N(O)CCCCCCC(=O)CCC(=O)N(O)CCCCCNC(=O)CCC(=O)N(O)CCCCC[NH+](CCCCCCCCCCCCC(c1ccccc1)(c1ccccc1)c1ccccc1)CCCCCCCCCCCC[P+](c1ccccc1)(c1ccccc1)c1ccccc1.[Cl-].[Cl-].[Cl-]. The van der Waals surface area contributed by atoms with Crippen LogP contribution in [0.25, 0.3) is 0 Å². The van der Waals surface area contributed by atoms with E-state index in [1.807, 2.05) is 0 Å². The molecule has 1 atom stereocenters. The first kappa shape index (κ1) is 92.2. The molecule has 0 heterocycles. The summed E-state index contributed by atoms with van der Waals surface area (Å²) in [4.78, 5) is 62.8. The van der Waals surface area contributed by atoms with Gasteiger partial charge in [0.1, 0.15) is 29.0 Å². The van der Waals surface area contributed by atoms with E-state index in [-0.39, 0.29) is 99.6 Å². The predicted octanol–water partition coefficient (Wildman–Crippen LogP) is 8.31. The molecule has 0 saturated carbocycles. The molecule has 0 saturated heterocycles. The number of carbonyl (C=O) groups is 5. The smallest absolute Gasteiger partial charge is 0.246 e. The zero-order chi connectivity index (χ0) is 71.7. The van der Waals surface area contributed by atoms with E-state index in [2.05, 4.69) is 187 Å². The summed E-state index contributed by atoms with van der Waals surface area (Å²) in [5.41, 5.74) is 3.93. The minimum atomic E-state index is -1.77. The van der Waals surface area contributed by atoms with Gasteiger partial charge in [0.2, 0.25) is 23.6 Å². The average Bonchev–Trinajstić information content (AvgIpc) is 0.768. The number of Topliss-reactive ketones (excluding diaryl/α,β-unsaturated/α-hetero) is 1. The van der Waals surface area contributed by atoms with Crippen LogP contribution in [0.5, 0.6) is 0 Å². The molecule has 17 heteroatoms. The summed E-state index contributed by atoms with van der Waals surface area (Å²) in [6.07, 6.45) is 35.6. The van der Waals surface area contributed by atoms with Gasteiger partial charge in [-0.25, -0.2) is 15.2 Å². The number of carbonyl (C=O) groups excluding carboxylic acids is 5. The molecule has 0 aliphatic rings. The lowest BCUT2D eigenvalue weighted by molar-refractivity contribution is -0.900. The molecule has 6 aromatic carbocycles. The van der Waals surface area contributed by atoms with Gasteiger partial charge in [-0.2, -0.15) is 0 Å². The van der Waals surface area contributed by atoms with Crippen molar-refractivity contribution in [2.75, 3.05) is 52.0 Å². The van der Waals surface area contributed by atoms with E-state index in [0.717, 1.165) is 43.7 Å². The highest BCUT2D eigenvalue weighted by Gasteiger charge is 2.44. The predicted molar refractivity (Wildman–Crippen MR) is 415 cm³/mol. The summed E-state index contributed by atoms with van der Waals surface area (Å²) in [7, 11) is -1.77. The van der Waals surface area contributed by atoms with Gasteiger partial charge >= 0.3 is 0 Å². The zero-order valence-corrected chi connectivity index (χ0v) is 65.9. The van der Waals surface area contributed by atoms with E-state index in [4.69, 9.17) is 0 Å². The molecule has 0 bridgehead atoms. The summed E-state index contributed by atoms with van der Waals surface area (Å²) >= 11 is 0. The Kier molecular flexibility index (Phi) is 49.9. The number of nitrogens with zero attached hydrogens (tertiary/aromatic N) is 3. The van der Waals surface area contributed by atoms with Crippen molar-refractivity contribution in [3.8, 4) is 0 Å². The van der Waals surface area contributed by atoms with Crippen molar-refractivity contribution in [1.29, 1.82) is 0 Å². The lowest BCUT2D eigenvalue weighted by atomic mass is 9.66. The summed E-state index contributed by atoms with van der Waals surface area (Å²) in [6, 6.07) is 67.2. The van der Waals surface area contributed by atoms with E-state index in [9.17, 15) is 39.6 Å². The summed E-state index contributed by atoms with van der Waals surface area (Å²) in [5, 5.41) is 39.6. The molecule has 4 amide bonds. The molecule has 0 fully saturated rings. The molecule has 0 radical (unpaired) electrons. The topological polar surface area (TPSA) is 172 Å². The summed E-state index contributed by atoms with van der Waals surface area (Å²) in [5.74, 6) is -1.66. The van der Waals surface area contributed by atoms with Crippen molar-refractivity contribution in [2.24, 2.45) is 0 Å². The Balaban J connectivity index is 0.00000936. The van der Waals surface area contributed by atoms with Gasteiger partial charge in [-0.3, -0.25) is 39.6 Å². The van der Waals surface area contributed by atoms with Crippen molar-refractivity contribution in [3.63, 3.8) is 0 Å². The monoisotopic (exact) mass is 1500 g/mol. The molecule has 5 N–H and O–H groups in total. The van der Waals surface area contributed by atoms with E-state index in [1.165, 1.54) is 187 Å². The minimum absolute atomic E-state index is 0. The molecule has 104 heavy (non-hydrogen) atoms. The van der Waals surface area contributed by atoms with Crippen LogP contribution >= 0.6 is 7.26 Å². The van der Waals surface area contributed by atoms with Crippen LogP contribution < -0.4 is 63.4 Å². The number of hydrogen-bond donors (Lipinski definition) is 5. The molecule has 1 unspecified atom stereocenters. The lowest BCUT2D eigenvalue weighted by Crippen LogP contribution is -3.12. The van der Waals surface area contributed by atoms with Crippen molar-refractivity contribution >= 4 is 52.6 Å². The maximum absolute atomic E-state index is 12.8. The first-order chi connectivity index (χ1) is 49.4. The molecule has 574 valence electrons. The third kappa shape index (κ3) is 34.7. The number of benzene rings is 6. The van der Waals surface area contributed by atoms with Crippen LogP contribution in [0.2, 0.25) is 0 Å². The number of quaternary nitrogens is 1. The fourth-order valence-electron chi connectivity index (χ4n) is 14.6. The van der Waals surface area contributed by atoms with Gasteiger partial charge < -0.3 is 47.4 Å². The zero-order valence-electron chi connectivity index (χ0n) is 62.7.